The van der Waals surface area contributed by atoms with Gasteiger partial charge in [0.15, 0.2) is 0 Å². The number of likely N-dealkylation sites (N-methyl/N-ethyl adjacent to an activating group) is 1. The van der Waals surface area contributed by atoms with Crippen molar-refractivity contribution in [3.63, 3.8) is 0 Å². The first-order valence-corrected chi connectivity index (χ1v) is 5.94. The van der Waals surface area contributed by atoms with Gasteiger partial charge in [0.1, 0.15) is 12.4 Å². The van der Waals surface area contributed by atoms with Crippen LogP contribution in [0.25, 0.3) is 0 Å². The smallest absolute Gasteiger partial charge is 0.119 e. The number of hydrogen-bond donors (Lipinski definition) is 0. The summed E-state index contributed by atoms with van der Waals surface area (Å²) in [7, 11) is 4.11. The third kappa shape index (κ3) is 5.17. The van der Waals surface area contributed by atoms with Gasteiger partial charge in [0.05, 0.1) is 0 Å². The molecule has 0 saturated heterocycles. The van der Waals surface area contributed by atoms with E-state index in [1.807, 2.05) is 6.07 Å². The molecule has 0 atom stereocenters. The van der Waals surface area contributed by atoms with Crippen LogP contribution < -0.4 is 4.74 Å². The van der Waals surface area contributed by atoms with Gasteiger partial charge in [-0.05, 0) is 44.1 Å². The highest BCUT2D eigenvalue weighted by Gasteiger charge is 2.00. The quantitative estimate of drug-likeness (QED) is 0.732. The summed E-state index contributed by atoms with van der Waals surface area (Å²) in [6.45, 7) is 6.17. The van der Waals surface area contributed by atoms with E-state index in [0.717, 1.165) is 25.3 Å². The number of hydrogen-bond acceptors (Lipinski definition) is 2. The van der Waals surface area contributed by atoms with Crippen molar-refractivity contribution in [2.75, 3.05) is 27.2 Å². The molecule has 90 valence electrons. The summed E-state index contributed by atoms with van der Waals surface area (Å²) in [5.74, 6) is 1.68. The maximum absolute atomic E-state index is 5.70. The first-order valence-electron chi connectivity index (χ1n) is 5.94. The summed E-state index contributed by atoms with van der Waals surface area (Å²) in [6.07, 6.45) is 1.12. The Balaban J connectivity index is 2.47. The number of benzene rings is 1. The molecule has 16 heavy (non-hydrogen) atoms. The van der Waals surface area contributed by atoms with Crippen molar-refractivity contribution in [3.05, 3.63) is 29.8 Å². The van der Waals surface area contributed by atoms with Gasteiger partial charge in [-0.25, -0.2) is 0 Å². The molecule has 0 heterocycles. The average Bonchev–Trinajstić information content (AvgIpc) is 2.16. The second-order valence-corrected chi connectivity index (χ2v) is 4.90. The second-order valence-electron chi connectivity index (χ2n) is 4.90. The lowest BCUT2D eigenvalue weighted by Crippen LogP contribution is -2.19. The lowest BCUT2D eigenvalue weighted by molar-refractivity contribution is 0.261. The molecule has 0 bridgehead atoms. The van der Waals surface area contributed by atoms with Gasteiger partial charge < -0.3 is 9.64 Å². The van der Waals surface area contributed by atoms with Gasteiger partial charge in [-0.15, -0.1) is 0 Å². The van der Waals surface area contributed by atoms with E-state index in [1.165, 1.54) is 5.56 Å². The SMILES string of the molecule is CC(C)Cc1cccc(OCCN(C)C)c1. The Morgan fingerprint density at radius 2 is 2.00 bits per heavy atom. The zero-order chi connectivity index (χ0) is 12.0. The molecule has 0 aliphatic carbocycles. The minimum absolute atomic E-state index is 0.692. The average molecular weight is 221 g/mol. The van der Waals surface area contributed by atoms with E-state index in [0.29, 0.717) is 5.92 Å². The Labute approximate surface area is 99.2 Å². The van der Waals surface area contributed by atoms with E-state index in [1.54, 1.807) is 0 Å². The summed E-state index contributed by atoms with van der Waals surface area (Å²) < 4.78 is 5.70. The molecule has 2 heteroatoms. The molecule has 0 amide bonds. The summed E-state index contributed by atoms with van der Waals surface area (Å²) >= 11 is 0. The molecule has 0 unspecified atom stereocenters. The minimum Gasteiger partial charge on any atom is -0.492 e. The first-order chi connectivity index (χ1) is 7.58. The van der Waals surface area contributed by atoms with Crippen LogP contribution in [0.5, 0.6) is 5.75 Å². The van der Waals surface area contributed by atoms with Crippen molar-refractivity contribution in [2.45, 2.75) is 20.3 Å². The molecule has 1 rings (SSSR count). The largest absolute Gasteiger partial charge is 0.492 e. The van der Waals surface area contributed by atoms with Crippen LogP contribution in [0.15, 0.2) is 24.3 Å². The van der Waals surface area contributed by atoms with Crippen molar-refractivity contribution in [1.29, 1.82) is 0 Å². The molecule has 0 spiro atoms. The van der Waals surface area contributed by atoms with Gasteiger partial charge >= 0.3 is 0 Å². The van der Waals surface area contributed by atoms with Gasteiger partial charge in [0, 0.05) is 6.54 Å². The highest BCUT2D eigenvalue weighted by Crippen LogP contribution is 2.16. The Morgan fingerprint density at radius 1 is 1.25 bits per heavy atom. The van der Waals surface area contributed by atoms with Crippen molar-refractivity contribution in [3.8, 4) is 5.75 Å². The molecule has 1 aromatic carbocycles. The monoisotopic (exact) mass is 221 g/mol. The van der Waals surface area contributed by atoms with E-state index >= 15 is 0 Å². The molecular weight excluding hydrogens is 198 g/mol. The van der Waals surface area contributed by atoms with Crippen LogP contribution >= 0.6 is 0 Å². The van der Waals surface area contributed by atoms with Gasteiger partial charge in [-0.3, -0.25) is 0 Å². The fraction of sp³-hybridized carbons (Fsp3) is 0.571. The van der Waals surface area contributed by atoms with E-state index in [4.69, 9.17) is 4.74 Å². The first kappa shape index (κ1) is 13.0. The van der Waals surface area contributed by atoms with Gasteiger partial charge in [0.2, 0.25) is 0 Å². The summed E-state index contributed by atoms with van der Waals surface area (Å²) in [4.78, 5) is 2.12. The van der Waals surface area contributed by atoms with Gasteiger partial charge in [-0.2, -0.15) is 0 Å². The Bertz CT molecular complexity index is 307. The molecule has 0 aliphatic heterocycles. The topological polar surface area (TPSA) is 12.5 Å². The summed E-state index contributed by atoms with van der Waals surface area (Å²) in [6, 6.07) is 8.41. The normalized spacial score (nSPS) is 11.1. The fourth-order valence-corrected chi connectivity index (χ4v) is 1.58. The lowest BCUT2D eigenvalue weighted by atomic mass is 10.0. The number of ether oxygens (including phenoxy) is 1. The molecule has 0 N–H and O–H groups in total. The molecule has 0 aromatic heterocycles. The molecule has 0 fully saturated rings. The van der Waals surface area contributed by atoms with Crippen LogP contribution in [0.4, 0.5) is 0 Å². The fourth-order valence-electron chi connectivity index (χ4n) is 1.58. The van der Waals surface area contributed by atoms with Crippen LogP contribution in [-0.4, -0.2) is 32.1 Å². The van der Waals surface area contributed by atoms with Crippen molar-refractivity contribution in [2.24, 2.45) is 5.92 Å². The molecule has 0 aliphatic rings. The summed E-state index contributed by atoms with van der Waals surface area (Å²) in [5, 5.41) is 0. The number of nitrogens with zero attached hydrogens (tertiary/aromatic N) is 1. The van der Waals surface area contributed by atoms with Crippen LogP contribution in [0.3, 0.4) is 0 Å². The minimum atomic E-state index is 0.692. The highest BCUT2D eigenvalue weighted by atomic mass is 16.5. The van der Waals surface area contributed by atoms with Crippen LogP contribution in [0, 0.1) is 5.92 Å². The Morgan fingerprint density at radius 3 is 2.62 bits per heavy atom. The van der Waals surface area contributed by atoms with Gasteiger partial charge in [0.25, 0.3) is 0 Å². The van der Waals surface area contributed by atoms with E-state index in [-0.39, 0.29) is 0 Å². The standard InChI is InChI=1S/C14H23NO/c1-12(2)10-13-6-5-7-14(11-13)16-9-8-15(3)4/h5-7,11-12H,8-10H2,1-4H3. The van der Waals surface area contributed by atoms with Crippen molar-refractivity contribution in [1.82, 2.24) is 4.90 Å². The van der Waals surface area contributed by atoms with E-state index in [2.05, 4.69) is 51.0 Å². The molecule has 0 radical (unpaired) electrons. The second kappa shape index (κ2) is 6.54. The third-order valence-electron chi connectivity index (χ3n) is 2.35. The van der Waals surface area contributed by atoms with Crippen LogP contribution in [-0.2, 0) is 6.42 Å². The molecule has 1 aromatic rings. The zero-order valence-corrected chi connectivity index (χ0v) is 10.9. The van der Waals surface area contributed by atoms with Gasteiger partial charge in [-0.1, -0.05) is 26.0 Å². The maximum atomic E-state index is 5.70. The molecule has 2 nitrogen and oxygen atoms in total. The predicted molar refractivity (Wildman–Crippen MR) is 69.0 cm³/mol. The number of rotatable bonds is 6. The summed E-state index contributed by atoms with van der Waals surface area (Å²) in [5.41, 5.74) is 1.36. The van der Waals surface area contributed by atoms with Crippen LogP contribution in [0.1, 0.15) is 19.4 Å². The van der Waals surface area contributed by atoms with Crippen molar-refractivity contribution < 1.29 is 4.74 Å². The maximum Gasteiger partial charge on any atom is 0.119 e. The van der Waals surface area contributed by atoms with E-state index < -0.39 is 0 Å². The third-order valence-corrected chi connectivity index (χ3v) is 2.35. The Hall–Kier alpha value is -1.02. The molecular formula is C14H23NO. The van der Waals surface area contributed by atoms with Crippen molar-refractivity contribution >= 4 is 0 Å². The molecule has 0 saturated carbocycles. The zero-order valence-electron chi connectivity index (χ0n) is 10.9. The van der Waals surface area contributed by atoms with E-state index in [9.17, 15) is 0 Å². The van der Waals surface area contributed by atoms with Crippen LogP contribution in [0.2, 0.25) is 0 Å². The highest BCUT2D eigenvalue weighted by molar-refractivity contribution is 5.28. The lowest BCUT2D eigenvalue weighted by Gasteiger charge is -2.12. The predicted octanol–water partition coefficient (Wildman–Crippen LogP) is 2.83. The Kier molecular flexibility index (Phi) is 5.33.